The minimum absolute atomic E-state index is 0.0248. The topological polar surface area (TPSA) is 122 Å². The van der Waals surface area contributed by atoms with Crippen LogP contribution in [0.2, 0.25) is 0 Å². The molecule has 0 fully saturated rings. The van der Waals surface area contributed by atoms with Gasteiger partial charge in [0.15, 0.2) is 11.5 Å². The largest absolute Gasteiger partial charge is 0.356 e. The van der Waals surface area contributed by atoms with E-state index in [1.54, 1.807) is 6.07 Å². The standard InChI is InChI=1S/C32H38ClN5O3/c1-22(20-35-32(40)29-19-30(41-38-29)25-14-16-26(33)17-15-25)37-28(13-8-18-34)31(39)36-21-27(23-9-4-2-5-10-23)24-11-6-3-7-12-24/h2-7,9-12,14-16,19,22,26-28,37H,8,13,17-18,20-21,34H2,1H3,(H,35,40)(H,36,39)/t22?,26?,28-/m0/s1. The van der Waals surface area contributed by atoms with Crippen LogP contribution in [0.3, 0.4) is 0 Å². The van der Waals surface area contributed by atoms with E-state index in [1.807, 2.05) is 61.5 Å². The van der Waals surface area contributed by atoms with Crippen molar-refractivity contribution in [1.29, 1.82) is 0 Å². The number of benzene rings is 2. The van der Waals surface area contributed by atoms with E-state index in [2.05, 4.69) is 45.4 Å². The maximum atomic E-state index is 13.3. The van der Waals surface area contributed by atoms with Crippen LogP contribution < -0.4 is 21.7 Å². The van der Waals surface area contributed by atoms with E-state index in [0.29, 0.717) is 44.7 Å². The molecule has 216 valence electrons. The van der Waals surface area contributed by atoms with Crippen molar-refractivity contribution in [2.75, 3.05) is 19.6 Å². The van der Waals surface area contributed by atoms with E-state index in [9.17, 15) is 9.59 Å². The molecule has 3 atom stereocenters. The summed E-state index contributed by atoms with van der Waals surface area (Å²) in [6.45, 7) is 3.18. The van der Waals surface area contributed by atoms with Crippen LogP contribution in [0.4, 0.5) is 0 Å². The van der Waals surface area contributed by atoms with Crippen LogP contribution in [0.25, 0.3) is 5.57 Å². The second kappa shape index (κ2) is 15.3. The zero-order valence-electron chi connectivity index (χ0n) is 23.3. The average molecular weight is 576 g/mol. The molecule has 0 bridgehead atoms. The Morgan fingerprint density at radius 1 is 1.05 bits per heavy atom. The third-order valence-corrected chi connectivity index (χ3v) is 7.35. The van der Waals surface area contributed by atoms with Gasteiger partial charge in [-0.3, -0.25) is 9.59 Å². The minimum atomic E-state index is -0.452. The molecule has 41 heavy (non-hydrogen) atoms. The number of carbonyl (C=O) groups is 2. The van der Waals surface area contributed by atoms with Gasteiger partial charge in [0.05, 0.1) is 11.4 Å². The van der Waals surface area contributed by atoms with Crippen molar-refractivity contribution in [3.63, 3.8) is 0 Å². The number of hydrogen-bond donors (Lipinski definition) is 4. The first-order chi connectivity index (χ1) is 19.9. The number of rotatable bonds is 14. The molecule has 0 radical (unpaired) electrons. The molecule has 2 aromatic carbocycles. The Kier molecular flexibility index (Phi) is 11.3. The van der Waals surface area contributed by atoms with Crippen LogP contribution in [-0.2, 0) is 4.79 Å². The summed E-state index contributed by atoms with van der Waals surface area (Å²) in [5, 5.41) is 13.3. The molecule has 1 heterocycles. The van der Waals surface area contributed by atoms with Gasteiger partial charge in [0.2, 0.25) is 5.91 Å². The highest BCUT2D eigenvalue weighted by Gasteiger charge is 2.23. The molecule has 1 aromatic heterocycles. The van der Waals surface area contributed by atoms with E-state index >= 15 is 0 Å². The van der Waals surface area contributed by atoms with Gasteiger partial charge in [-0.25, -0.2) is 0 Å². The molecular weight excluding hydrogens is 538 g/mol. The van der Waals surface area contributed by atoms with Gasteiger partial charge in [-0.1, -0.05) is 84.0 Å². The zero-order chi connectivity index (χ0) is 29.0. The van der Waals surface area contributed by atoms with Gasteiger partial charge in [0.1, 0.15) is 0 Å². The van der Waals surface area contributed by atoms with Crippen LogP contribution in [0.5, 0.6) is 0 Å². The second-order valence-electron chi connectivity index (χ2n) is 10.2. The first-order valence-electron chi connectivity index (χ1n) is 14.1. The summed E-state index contributed by atoms with van der Waals surface area (Å²) in [7, 11) is 0. The average Bonchev–Trinajstić information content (AvgIpc) is 3.50. The summed E-state index contributed by atoms with van der Waals surface area (Å²) in [4.78, 5) is 26.1. The number of allylic oxidation sites excluding steroid dienone is 4. The zero-order valence-corrected chi connectivity index (χ0v) is 24.0. The smallest absolute Gasteiger partial charge is 0.273 e. The van der Waals surface area contributed by atoms with Gasteiger partial charge in [-0.05, 0) is 43.9 Å². The van der Waals surface area contributed by atoms with Gasteiger partial charge >= 0.3 is 0 Å². The summed E-state index contributed by atoms with van der Waals surface area (Å²) in [5.41, 5.74) is 9.07. The molecular formula is C32H38ClN5O3. The lowest BCUT2D eigenvalue weighted by Gasteiger charge is -2.25. The molecule has 0 spiro atoms. The van der Waals surface area contributed by atoms with Gasteiger partial charge in [0.25, 0.3) is 5.91 Å². The lowest BCUT2D eigenvalue weighted by atomic mass is 9.91. The fourth-order valence-electron chi connectivity index (χ4n) is 4.77. The van der Waals surface area contributed by atoms with Gasteiger partial charge in [-0.2, -0.15) is 0 Å². The molecule has 4 rings (SSSR count). The quantitative estimate of drug-likeness (QED) is 0.212. The van der Waals surface area contributed by atoms with E-state index in [4.69, 9.17) is 21.9 Å². The lowest BCUT2D eigenvalue weighted by molar-refractivity contribution is -0.123. The predicted octanol–water partition coefficient (Wildman–Crippen LogP) is 4.39. The van der Waals surface area contributed by atoms with Crippen LogP contribution in [0, 0.1) is 0 Å². The highest BCUT2D eigenvalue weighted by molar-refractivity contribution is 6.22. The normalized spacial score (nSPS) is 16.2. The SMILES string of the molecule is CC(CNC(=O)c1cc(C2=CCC(Cl)C=C2)on1)N[C@@H](CCCN)C(=O)NCC(c1ccccc1)c1ccccc1. The molecule has 9 heteroatoms. The molecule has 5 N–H and O–H groups in total. The van der Waals surface area contributed by atoms with Gasteiger partial charge in [-0.15, -0.1) is 11.6 Å². The fraction of sp³-hybridized carbons (Fsp3) is 0.344. The molecule has 2 unspecified atom stereocenters. The molecule has 2 amide bonds. The summed E-state index contributed by atoms with van der Waals surface area (Å²) in [5.74, 6) is 0.101. The van der Waals surface area contributed by atoms with Crippen molar-refractivity contribution in [1.82, 2.24) is 21.1 Å². The van der Waals surface area contributed by atoms with E-state index in [-0.39, 0.29) is 34.8 Å². The highest BCUT2D eigenvalue weighted by atomic mass is 35.5. The Labute approximate surface area is 246 Å². The van der Waals surface area contributed by atoms with Gasteiger partial charge in [0, 0.05) is 36.7 Å². The maximum Gasteiger partial charge on any atom is 0.273 e. The van der Waals surface area contributed by atoms with E-state index in [1.165, 1.54) is 0 Å². The monoisotopic (exact) mass is 575 g/mol. The highest BCUT2D eigenvalue weighted by Crippen LogP contribution is 2.25. The Morgan fingerprint density at radius 3 is 2.34 bits per heavy atom. The molecule has 8 nitrogen and oxygen atoms in total. The van der Waals surface area contributed by atoms with Crippen LogP contribution in [0.1, 0.15) is 59.5 Å². The number of nitrogens with one attached hydrogen (secondary N) is 3. The summed E-state index contributed by atoms with van der Waals surface area (Å²) < 4.78 is 5.36. The molecule has 1 aliphatic carbocycles. The predicted molar refractivity (Wildman–Crippen MR) is 163 cm³/mol. The minimum Gasteiger partial charge on any atom is -0.356 e. The Balaban J connectivity index is 1.32. The fourth-order valence-corrected chi connectivity index (χ4v) is 4.93. The van der Waals surface area contributed by atoms with Crippen molar-refractivity contribution in [3.05, 3.63) is 108 Å². The van der Waals surface area contributed by atoms with Crippen molar-refractivity contribution >= 4 is 29.0 Å². The second-order valence-corrected chi connectivity index (χ2v) is 10.8. The molecule has 3 aromatic rings. The third-order valence-electron chi connectivity index (χ3n) is 7.03. The number of nitrogens with zero attached hydrogens (tertiary/aromatic N) is 1. The van der Waals surface area contributed by atoms with E-state index < -0.39 is 6.04 Å². The van der Waals surface area contributed by atoms with Crippen molar-refractivity contribution in [2.24, 2.45) is 5.73 Å². The number of hydrogen-bond acceptors (Lipinski definition) is 6. The number of alkyl halides is 1. The molecule has 0 saturated carbocycles. The molecule has 0 aliphatic heterocycles. The maximum absolute atomic E-state index is 13.3. The van der Waals surface area contributed by atoms with Crippen molar-refractivity contribution < 1.29 is 14.1 Å². The molecule has 1 aliphatic rings. The number of nitrogens with two attached hydrogens (primary N) is 1. The van der Waals surface area contributed by atoms with Crippen LogP contribution in [0.15, 0.2) is 89.5 Å². The van der Waals surface area contributed by atoms with Crippen LogP contribution >= 0.6 is 11.6 Å². The van der Waals surface area contributed by atoms with E-state index in [0.717, 1.165) is 16.7 Å². The molecule has 0 saturated heterocycles. The number of carbonyl (C=O) groups excluding carboxylic acids is 2. The Bertz CT molecular complexity index is 1290. The van der Waals surface area contributed by atoms with Crippen LogP contribution in [-0.4, -0.2) is 54.1 Å². The van der Waals surface area contributed by atoms with Gasteiger partial charge < -0.3 is 26.2 Å². The van der Waals surface area contributed by atoms with Crippen molar-refractivity contribution in [2.45, 2.75) is 49.6 Å². The van der Waals surface area contributed by atoms with Crippen molar-refractivity contribution in [3.8, 4) is 0 Å². The Morgan fingerprint density at radius 2 is 1.73 bits per heavy atom. The first kappa shape index (κ1) is 30.2. The summed E-state index contributed by atoms with van der Waals surface area (Å²) >= 11 is 6.08. The number of halogens is 1. The third kappa shape index (κ3) is 8.88. The number of aromatic nitrogens is 1. The lowest BCUT2D eigenvalue weighted by Crippen LogP contribution is -2.51. The first-order valence-corrected chi connectivity index (χ1v) is 14.5. The Hall–Kier alpha value is -3.72. The summed E-state index contributed by atoms with van der Waals surface area (Å²) in [6, 6.07) is 21.3. The number of amides is 2. The summed E-state index contributed by atoms with van der Waals surface area (Å²) in [6.07, 6.45) is 7.68.